The van der Waals surface area contributed by atoms with Gasteiger partial charge in [0.1, 0.15) is 5.75 Å². The van der Waals surface area contributed by atoms with Crippen LogP contribution in [0, 0.1) is 0 Å². The summed E-state index contributed by atoms with van der Waals surface area (Å²) in [4.78, 5) is 17.3. The average Bonchev–Trinajstić information content (AvgIpc) is 3.31. The van der Waals surface area contributed by atoms with E-state index in [0.717, 1.165) is 30.7 Å². The first-order valence-electron chi connectivity index (χ1n) is 10.7. The number of rotatable bonds is 5. The van der Waals surface area contributed by atoms with E-state index in [4.69, 9.17) is 9.47 Å². The van der Waals surface area contributed by atoms with E-state index in [1.807, 2.05) is 37.2 Å². The van der Waals surface area contributed by atoms with Gasteiger partial charge in [0.2, 0.25) is 0 Å². The van der Waals surface area contributed by atoms with Gasteiger partial charge in [0.05, 0.1) is 30.4 Å². The largest absolute Gasteiger partial charge is 0.493 e. The Bertz CT molecular complexity index is 1040. The zero-order valence-electron chi connectivity index (χ0n) is 19.1. The molecule has 1 aliphatic rings. The summed E-state index contributed by atoms with van der Waals surface area (Å²) in [6.45, 7) is 9.24. The molecule has 176 valence electrons. The molecule has 1 fully saturated rings. The third-order valence-electron chi connectivity index (χ3n) is 5.46. The number of hydrogen-bond acceptors (Lipinski definition) is 3. The number of amides is 1. The van der Waals surface area contributed by atoms with E-state index in [0.29, 0.717) is 18.6 Å². The monoisotopic (exact) mass is 453 g/mol. The SMILES string of the molecule is CCOc1ccc(C(F)(F)F)cc1C(=O)N=c1cc(C(C)(C)C)n(C)n1C[C@H]1CCCO1. The van der Waals surface area contributed by atoms with Gasteiger partial charge in [-0.2, -0.15) is 18.2 Å². The summed E-state index contributed by atoms with van der Waals surface area (Å²) in [7, 11) is 1.88. The van der Waals surface area contributed by atoms with Crippen LogP contribution in [0.25, 0.3) is 0 Å². The number of hydrogen-bond donors (Lipinski definition) is 0. The van der Waals surface area contributed by atoms with Crippen molar-refractivity contribution in [2.24, 2.45) is 12.0 Å². The Kier molecular flexibility index (Phi) is 6.88. The van der Waals surface area contributed by atoms with Crippen LogP contribution in [0.3, 0.4) is 0 Å². The van der Waals surface area contributed by atoms with Gasteiger partial charge in [-0.15, -0.1) is 0 Å². The van der Waals surface area contributed by atoms with Crippen LogP contribution in [0.5, 0.6) is 5.75 Å². The van der Waals surface area contributed by atoms with E-state index in [1.54, 1.807) is 13.0 Å². The predicted octanol–water partition coefficient (Wildman–Crippen LogP) is 4.46. The molecule has 9 heteroatoms. The number of benzene rings is 1. The van der Waals surface area contributed by atoms with Crippen LogP contribution in [-0.4, -0.2) is 34.6 Å². The first-order valence-corrected chi connectivity index (χ1v) is 10.7. The number of halogens is 3. The van der Waals surface area contributed by atoms with E-state index >= 15 is 0 Å². The van der Waals surface area contributed by atoms with Crippen molar-refractivity contribution >= 4 is 5.91 Å². The molecule has 0 radical (unpaired) electrons. The number of alkyl halides is 3. The van der Waals surface area contributed by atoms with Crippen molar-refractivity contribution in [1.82, 2.24) is 9.36 Å². The fourth-order valence-electron chi connectivity index (χ4n) is 3.88. The lowest BCUT2D eigenvalue weighted by atomic mass is 9.92. The third-order valence-corrected chi connectivity index (χ3v) is 5.46. The maximum absolute atomic E-state index is 13.3. The van der Waals surface area contributed by atoms with Crippen molar-refractivity contribution in [1.29, 1.82) is 0 Å². The van der Waals surface area contributed by atoms with Crippen molar-refractivity contribution in [2.75, 3.05) is 13.2 Å². The first kappa shape index (κ1) is 24.1. The van der Waals surface area contributed by atoms with Crippen molar-refractivity contribution in [3.8, 4) is 5.75 Å². The maximum atomic E-state index is 13.3. The molecule has 2 aromatic rings. The lowest BCUT2D eigenvalue weighted by molar-refractivity contribution is -0.137. The van der Waals surface area contributed by atoms with Crippen LogP contribution < -0.4 is 10.2 Å². The van der Waals surface area contributed by atoms with E-state index < -0.39 is 17.6 Å². The van der Waals surface area contributed by atoms with Crippen LogP contribution in [-0.2, 0) is 29.9 Å². The minimum atomic E-state index is -4.58. The Labute approximate surface area is 185 Å². The third kappa shape index (κ3) is 5.26. The summed E-state index contributed by atoms with van der Waals surface area (Å²) < 4.78 is 54.7. The highest BCUT2D eigenvalue weighted by molar-refractivity contribution is 5.97. The fourth-order valence-corrected chi connectivity index (χ4v) is 3.88. The van der Waals surface area contributed by atoms with Crippen LogP contribution in [0.15, 0.2) is 29.3 Å². The second-order valence-electron chi connectivity index (χ2n) is 8.94. The number of aromatic nitrogens is 2. The van der Waals surface area contributed by atoms with Crippen LogP contribution in [0.4, 0.5) is 13.2 Å². The fraction of sp³-hybridized carbons (Fsp3) is 0.565. The van der Waals surface area contributed by atoms with Crippen LogP contribution in [0.2, 0.25) is 0 Å². The zero-order chi connectivity index (χ0) is 23.7. The van der Waals surface area contributed by atoms with Gasteiger partial charge in [-0.1, -0.05) is 20.8 Å². The molecule has 1 aromatic carbocycles. The van der Waals surface area contributed by atoms with Gasteiger partial charge in [-0.25, -0.2) is 0 Å². The standard InChI is InChI=1S/C23H30F3N3O3/c1-6-31-18-10-9-15(23(24,25)26)12-17(18)21(30)27-20-13-19(22(2,3)4)28(5)29(20)14-16-8-7-11-32-16/h9-10,12-13,16H,6-8,11,14H2,1-5H3/t16-/m1/s1. The number of nitrogens with zero attached hydrogens (tertiary/aromatic N) is 3. The molecule has 6 nitrogen and oxygen atoms in total. The maximum Gasteiger partial charge on any atom is 0.416 e. The lowest BCUT2D eigenvalue weighted by Gasteiger charge is -2.21. The normalized spacial score (nSPS) is 17.8. The molecule has 1 saturated heterocycles. The molecule has 2 heterocycles. The Morgan fingerprint density at radius 3 is 2.53 bits per heavy atom. The highest BCUT2D eigenvalue weighted by atomic mass is 19.4. The smallest absolute Gasteiger partial charge is 0.416 e. The second kappa shape index (κ2) is 9.13. The summed E-state index contributed by atoms with van der Waals surface area (Å²) in [6.07, 6.45) is -2.71. The minimum Gasteiger partial charge on any atom is -0.493 e. The first-order chi connectivity index (χ1) is 14.9. The topological polar surface area (TPSA) is 57.8 Å². The molecule has 1 aromatic heterocycles. The zero-order valence-corrected chi connectivity index (χ0v) is 19.1. The minimum absolute atomic E-state index is 0.00184. The number of carbonyl (C=O) groups is 1. The lowest BCUT2D eigenvalue weighted by Crippen LogP contribution is -2.30. The number of ether oxygens (including phenoxy) is 2. The molecule has 0 aliphatic carbocycles. The van der Waals surface area contributed by atoms with Gasteiger partial charge in [-0.05, 0) is 38.0 Å². The Hall–Kier alpha value is -2.55. The van der Waals surface area contributed by atoms with Crippen molar-refractivity contribution in [3.63, 3.8) is 0 Å². The summed E-state index contributed by atoms with van der Waals surface area (Å²) in [5.41, 5.74) is -0.0492. The van der Waals surface area contributed by atoms with E-state index in [1.165, 1.54) is 6.07 Å². The summed E-state index contributed by atoms with van der Waals surface area (Å²) in [6, 6.07) is 4.68. The predicted molar refractivity (Wildman–Crippen MR) is 114 cm³/mol. The molecule has 0 bridgehead atoms. The molecule has 1 atom stereocenters. The van der Waals surface area contributed by atoms with Crippen LogP contribution >= 0.6 is 0 Å². The van der Waals surface area contributed by atoms with Gasteiger partial charge < -0.3 is 9.47 Å². The van der Waals surface area contributed by atoms with E-state index in [2.05, 4.69) is 4.99 Å². The molecule has 0 spiro atoms. The van der Waals surface area contributed by atoms with Crippen molar-refractivity contribution in [2.45, 2.75) is 64.8 Å². The van der Waals surface area contributed by atoms with Crippen LogP contribution in [0.1, 0.15) is 62.2 Å². The highest BCUT2D eigenvalue weighted by Crippen LogP contribution is 2.33. The summed E-state index contributed by atoms with van der Waals surface area (Å²) in [5, 5.41) is 0. The van der Waals surface area contributed by atoms with E-state index in [-0.39, 0.29) is 29.4 Å². The Balaban J connectivity index is 2.11. The molecule has 32 heavy (non-hydrogen) atoms. The summed E-state index contributed by atoms with van der Waals surface area (Å²) in [5.74, 6) is -0.710. The van der Waals surface area contributed by atoms with Gasteiger partial charge in [0, 0.05) is 30.8 Å². The molecular weight excluding hydrogens is 423 g/mol. The van der Waals surface area contributed by atoms with Gasteiger partial charge >= 0.3 is 6.18 Å². The average molecular weight is 454 g/mol. The number of carbonyl (C=O) groups excluding carboxylic acids is 1. The van der Waals surface area contributed by atoms with Gasteiger partial charge in [0.15, 0.2) is 5.49 Å². The quantitative estimate of drug-likeness (QED) is 0.672. The molecule has 0 unspecified atom stereocenters. The van der Waals surface area contributed by atoms with Crippen molar-refractivity contribution in [3.05, 3.63) is 46.6 Å². The summed E-state index contributed by atoms with van der Waals surface area (Å²) >= 11 is 0. The van der Waals surface area contributed by atoms with Crippen molar-refractivity contribution < 1.29 is 27.4 Å². The molecule has 3 rings (SSSR count). The molecule has 0 N–H and O–H groups in total. The molecule has 0 saturated carbocycles. The van der Waals surface area contributed by atoms with Gasteiger partial charge in [0.25, 0.3) is 5.91 Å². The Morgan fingerprint density at radius 2 is 1.97 bits per heavy atom. The van der Waals surface area contributed by atoms with E-state index in [9.17, 15) is 18.0 Å². The van der Waals surface area contributed by atoms with Gasteiger partial charge in [-0.3, -0.25) is 14.2 Å². The molecule has 1 aliphatic heterocycles. The second-order valence-corrected chi connectivity index (χ2v) is 8.94. The highest BCUT2D eigenvalue weighted by Gasteiger charge is 2.32. The molecular formula is C23H30F3N3O3. The molecule has 1 amide bonds. The Morgan fingerprint density at radius 1 is 1.25 bits per heavy atom.